The van der Waals surface area contributed by atoms with Crippen molar-refractivity contribution in [3.8, 4) is 5.75 Å². The highest BCUT2D eigenvalue weighted by molar-refractivity contribution is 7.92. The lowest BCUT2D eigenvalue weighted by Gasteiger charge is -2.24. The maximum atomic E-state index is 12.1. The van der Waals surface area contributed by atoms with E-state index < -0.39 is 10.0 Å². The summed E-state index contributed by atoms with van der Waals surface area (Å²) in [6, 6.07) is 6.83. The summed E-state index contributed by atoms with van der Waals surface area (Å²) in [7, 11) is -3.46. The molecule has 0 radical (unpaired) electrons. The van der Waals surface area contributed by atoms with Crippen molar-refractivity contribution >= 4 is 21.6 Å². The number of hydrogen-bond acceptors (Lipinski definition) is 4. The second-order valence-corrected chi connectivity index (χ2v) is 6.98. The third-order valence-electron chi connectivity index (χ3n) is 3.48. The molecular weight excluding hydrogens is 316 g/mol. The van der Waals surface area contributed by atoms with E-state index in [1.54, 1.807) is 29.2 Å². The van der Waals surface area contributed by atoms with E-state index >= 15 is 0 Å². The SMILES string of the molecule is CCOc1ccc(N(CCC(=O)N(CC)CC)S(C)(=O)=O)cc1. The third-order valence-corrected chi connectivity index (χ3v) is 4.68. The molecule has 1 aromatic rings. The van der Waals surface area contributed by atoms with Crippen molar-refractivity contribution in [3.05, 3.63) is 24.3 Å². The predicted molar refractivity (Wildman–Crippen MR) is 92.3 cm³/mol. The molecule has 0 unspecified atom stereocenters. The Kier molecular flexibility index (Phi) is 7.35. The van der Waals surface area contributed by atoms with E-state index in [2.05, 4.69) is 0 Å². The van der Waals surface area contributed by atoms with Crippen molar-refractivity contribution in [2.45, 2.75) is 27.2 Å². The van der Waals surface area contributed by atoms with Crippen molar-refractivity contribution in [2.24, 2.45) is 0 Å². The van der Waals surface area contributed by atoms with Gasteiger partial charge in [0.1, 0.15) is 5.75 Å². The van der Waals surface area contributed by atoms with Crippen LogP contribution >= 0.6 is 0 Å². The zero-order valence-corrected chi connectivity index (χ0v) is 15.1. The predicted octanol–water partition coefficient (Wildman–Crippen LogP) is 2.11. The van der Waals surface area contributed by atoms with Gasteiger partial charge in [0.05, 0.1) is 18.6 Å². The minimum atomic E-state index is -3.46. The topological polar surface area (TPSA) is 66.9 Å². The Balaban J connectivity index is 2.87. The lowest BCUT2D eigenvalue weighted by Crippen LogP contribution is -2.36. The molecule has 0 N–H and O–H groups in total. The van der Waals surface area contributed by atoms with Gasteiger partial charge in [-0.15, -0.1) is 0 Å². The Morgan fingerprint density at radius 3 is 2.09 bits per heavy atom. The minimum absolute atomic E-state index is 0.0467. The highest BCUT2D eigenvalue weighted by Crippen LogP contribution is 2.22. The number of amides is 1. The molecule has 0 bridgehead atoms. The lowest BCUT2D eigenvalue weighted by atomic mass is 10.3. The van der Waals surface area contributed by atoms with Gasteiger partial charge in [-0.2, -0.15) is 0 Å². The number of ether oxygens (including phenoxy) is 1. The van der Waals surface area contributed by atoms with Gasteiger partial charge in [-0.1, -0.05) is 0 Å². The summed E-state index contributed by atoms with van der Waals surface area (Å²) in [5.74, 6) is 0.638. The highest BCUT2D eigenvalue weighted by Gasteiger charge is 2.20. The van der Waals surface area contributed by atoms with Crippen LogP contribution in [-0.4, -0.2) is 51.7 Å². The van der Waals surface area contributed by atoms with Crippen LogP contribution in [-0.2, 0) is 14.8 Å². The van der Waals surface area contributed by atoms with E-state index in [1.165, 1.54) is 4.31 Å². The molecule has 1 amide bonds. The summed E-state index contributed by atoms with van der Waals surface area (Å²) in [4.78, 5) is 13.8. The van der Waals surface area contributed by atoms with Gasteiger partial charge in [-0.3, -0.25) is 9.10 Å². The van der Waals surface area contributed by atoms with Crippen LogP contribution in [0.2, 0.25) is 0 Å². The van der Waals surface area contributed by atoms with Gasteiger partial charge < -0.3 is 9.64 Å². The summed E-state index contributed by atoms with van der Waals surface area (Å²) < 4.78 is 30.7. The first-order valence-corrected chi connectivity index (χ1v) is 9.66. The Morgan fingerprint density at radius 2 is 1.65 bits per heavy atom. The van der Waals surface area contributed by atoms with E-state index in [1.807, 2.05) is 20.8 Å². The number of benzene rings is 1. The summed E-state index contributed by atoms with van der Waals surface area (Å²) >= 11 is 0. The smallest absolute Gasteiger partial charge is 0.232 e. The first kappa shape index (κ1) is 19.3. The van der Waals surface area contributed by atoms with Crippen LogP contribution in [0.4, 0.5) is 5.69 Å². The molecule has 0 spiro atoms. The molecule has 6 nitrogen and oxygen atoms in total. The average molecular weight is 342 g/mol. The van der Waals surface area contributed by atoms with Crippen LogP contribution in [0.15, 0.2) is 24.3 Å². The first-order valence-electron chi connectivity index (χ1n) is 7.81. The van der Waals surface area contributed by atoms with Gasteiger partial charge in [0.2, 0.25) is 15.9 Å². The molecule has 0 aliphatic carbocycles. The van der Waals surface area contributed by atoms with E-state index in [-0.39, 0.29) is 18.9 Å². The van der Waals surface area contributed by atoms with E-state index in [0.717, 1.165) is 6.26 Å². The van der Waals surface area contributed by atoms with E-state index in [0.29, 0.717) is 31.1 Å². The Bertz CT molecular complexity index is 595. The molecular formula is C16H26N2O4S. The molecule has 0 aliphatic rings. The number of carbonyl (C=O) groups excluding carboxylic acids is 1. The number of sulfonamides is 1. The quantitative estimate of drug-likeness (QED) is 0.689. The van der Waals surface area contributed by atoms with Crippen LogP contribution in [0.3, 0.4) is 0 Å². The molecule has 0 saturated carbocycles. The van der Waals surface area contributed by atoms with Crippen molar-refractivity contribution in [1.82, 2.24) is 4.90 Å². The van der Waals surface area contributed by atoms with Gasteiger partial charge in [0.25, 0.3) is 0 Å². The zero-order valence-electron chi connectivity index (χ0n) is 14.3. The second-order valence-electron chi connectivity index (χ2n) is 5.08. The largest absolute Gasteiger partial charge is 0.494 e. The molecule has 130 valence electrons. The monoisotopic (exact) mass is 342 g/mol. The maximum Gasteiger partial charge on any atom is 0.232 e. The fourth-order valence-electron chi connectivity index (χ4n) is 2.29. The van der Waals surface area contributed by atoms with Gasteiger partial charge >= 0.3 is 0 Å². The Hall–Kier alpha value is -1.76. The number of nitrogens with zero attached hydrogens (tertiary/aromatic N) is 2. The fourth-order valence-corrected chi connectivity index (χ4v) is 3.22. The maximum absolute atomic E-state index is 12.1. The molecule has 0 saturated heterocycles. The Labute approximate surface area is 139 Å². The lowest BCUT2D eigenvalue weighted by molar-refractivity contribution is -0.130. The van der Waals surface area contributed by atoms with Gasteiger partial charge in [-0.05, 0) is 45.0 Å². The molecule has 0 aliphatic heterocycles. The highest BCUT2D eigenvalue weighted by atomic mass is 32.2. The van der Waals surface area contributed by atoms with Crippen LogP contribution in [0.5, 0.6) is 5.75 Å². The first-order chi connectivity index (χ1) is 10.8. The number of rotatable bonds is 9. The van der Waals surface area contributed by atoms with Gasteiger partial charge in [0.15, 0.2) is 0 Å². The van der Waals surface area contributed by atoms with Crippen LogP contribution in [0.25, 0.3) is 0 Å². The summed E-state index contributed by atoms with van der Waals surface area (Å²) in [5, 5.41) is 0. The van der Waals surface area contributed by atoms with Crippen LogP contribution < -0.4 is 9.04 Å². The standard InChI is InChI=1S/C16H26N2O4S/c1-5-17(6-2)16(19)12-13-18(23(4,20)21)14-8-10-15(11-9-14)22-7-3/h8-11H,5-7,12-13H2,1-4H3. The zero-order chi connectivity index (χ0) is 17.5. The minimum Gasteiger partial charge on any atom is -0.494 e. The molecule has 7 heteroatoms. The van der Waals surface area contributed by atoms with Crippen molar-refractivity contribution in [2.75, 3.05) is 36.8 Å². The number of hydrogen-bond donors (Lipinski definition) is 0. The van der Waals surface area contributed by atoms with Crippen molar-refractivity contribution in [3.63, 3.8) is 0 Å². The molecule has 0 heterocycles. The van der Waals surface area contributed by atoms with Crippen molar-refractivity contribution in [1.29, 1.82) is 0 Å². The molecule has 0 fully saturated rings. The fraction of sp³-hybridized carbons (Fsp3) is 0.562. The number of anilines is 1. The second kappa shape index (κ2) is 8.76. The summed E-state index contributed by atoms with van der Waals surface area (Å²) in [5.41, 5.74) is 0.531. The Morgan fingerprint density at radius 1 is 1.09 bits per heavy atom. The van der Waals surface area contributed by atoms with Gasteiger partial charge in [0, 0.05) is 26.1 Å². The normalized spacial score (nSPS) is 11.1. The molecule has 23 heavy (non-hydrogen) atoms. The molecule has 0 atom stereocenters. The number of carbonyl (C=O) groups is 1. The average Bonchev–Trinajstić information content (AvgIpc) is 2.49. The summed E-state index contributed by atoms with van der Waals surface area (Å²) in [6.45, 7) is 7.62. The van der Waals surface area contributed by atoms with Crippen molar-refractivity contribution < 1.29 is 17.9 Å². The molecule has 0 aromatic heterocycles. The third kappa shape index (κ3) is 5.74. The van der Waals surface area contributed by atoms with Crippen LogP contribution in [0, 0.1) is 0 Å². The molecule has 1 rings (SSSR count). The van der Waals surface area contributed by atoms with E-state index in [4.69, 9.17) is 4.74 Å². The van der Waals surface area contributed by atoms with Gasteiger partial charge in [-0.25, -0.2) is 8.42 Å². The summed E-state index contributed by atoms with van der Waals surface area (Å²) in [6.07, 6.45) is 1.30. The van der Waals surface area contributed by atoms with Crippen LogP contribution in [0.1, 0.15) is 27.2 Å². The van der Waals surface area contributed by atoms with E-state index in [9.17, 15) is 13.2 Å². The molecule has 1 aromatic carbocycles.